The fourth-order valence-corrected chi connectivity index (χ4v) is 2.79. The van der Waals surface area contributed by atoms with Crippen LogP contribution in [0.5, 0.6) is 5.75 Å². The van der Waals surface area contributed by atoms with Gasteiger partial charge in [-0.1, -0.05) is 17.7 Å². The molecule has 1 atom stereocenters. The molecule has 1 aliphatic rings. The van der Waals surface area contributed by atoms with Crippen molar-refractivity contribution in [1.82, 2.24) is 5.32 Å². The third-order valence-electron chi connectivity index (χ3n) is 3.94. The second-order valence-electron chi connectivity index (χ2n) is 5.76. The van der Waals surface area contributed by atoms with Crippen molar-refractivity contribution in [2.45, 2.75) is 6.92 Å². The Kier molecular flexibility index (Phi) is 5.09. The third-order valence-corrected chi connectivity index (χ3v) is 4.22. The first kappa shape index (κ1) is 17.8. The highest BCUT2D eigenvalue weighted by atomic mass is 32.1. The Labute approximate surface area is 156 Å². The summed E-state index contributed by atoms with van der Waals surface area (Å²) in [6, 6.07) is 14.3. The average Bonchev–Trinajstić information content (AvgIpc) is 2.63. The molecule has 1 saturated heterocycles. The summed E-state index contributed by atoms with van der Waals surface area (Å²) in [7, 11) is 1.58. The molecule has 1 heterocycles. The number of hydrogen-bond acceptors (Lipinski definition) is 5. The van der Waals surface area contributed by atoms with Crippen molar-refractivity contribution in [3.63, 3.8) is 0 Å². The van der Waals surface area contributed by atoms with E-state index in [2.05, 4.69) is 10.3 Å². The van der Waals surface area contributed by atoms with Crippen LogP contribution in [-0.4, -0.2) is 30.3 Å². The van der Waals surface area contributed by atoms with Gasteiger partial charge in [-0.3, -0.25) is 19.5 Å². The lowest BCUT2D eigenvalue weighted by Crippen LogP contribution is -2.58. The predicted molar refractivity (Wildman–Crippen MR) is 104 cm³/mol. The molecule has 7 heteroatoms. The van der Waals surface area contributed by atoms with Gasteiger partial charge in [0.05, 0.1) is 18.5 Å². The summed E-state index contributed by atoms with van der Waals surface area (Å²) < 4.78 is 5.09. The number of aliphatic imine (C=N–C) groups is 1. The van der Waals surface area contributed by atoms with Crippen molar-refractivity contribution < 1.29 is 14.3 Å². The first-order valence-electron chi connectivity index (χ1n) is 7.93. The highest BCUT2D eigenvalue weighted by molar-refractivity contribution is 7.80. The number of carbonyl (C=O) groups is 2. The van der Waals surface area contributed by atoms with E-state index in [0.29, 0.717) is 17.1 Å². The van der Waals surface area contributed by atoms with E-state index in [1.165, 1.54) is 11.1 Å². The first-order chi connectivity index (χ1) is 12.5. The number of methoxy groups -OCH3 is 1. The Morgan fingerprint density at radius 3 is 2.38 bits per heavy atom. The number of rotatable bonds is 4. The van der Waals surface area contributed by atoms with Gasteiger partial charge >= 0.3 is 0 Å². The van der Waals surface area contributed by atoms with Crippen LogP contribution in [0.1, 0.15) is 5.56 Å². The zero-order chi connectivity index (χ0) is 18.7. The minimum atomic E-state index is -1.05. The molecule has 0 unspecified atom stereocenters. The van der Waals surface area contributed by atoms with E-state index in [1.807, 2.05) is 19.1 Å². The van der Waals surface area contributed by atoms with Crippen LogP contribution in [0.25, 0.3) is 0 Å². The molecule has 1 aliphatic heterocycles. The number of amides is 2. The van der Waals surface area contributed by atoms with Crippen molar-refractivity contribution >= 4 is 46.7 Å². The molecule has 26 heavy (non-hydrogen) atoms. The summed E-state index contributed by atoms with van der Waals surface area (Å²) in [6.07, 6.45) is 1.34. The van der Waals surface area contributed by atoms with Gasteiger partial charge in [-0.2, -0.15) is 0 Å². The molecule has 2 aromatic rings. The van der Waals surface area contributed by atoms with Gasteiger partial charge in [0.1, 0.15) is 5.75 Å². The minimum absolute atomic E-state index is 0.0675. The maximum Gasteiger partial charge on any atom is 0.251 e. The van der Waals surface area contributed by atoms with Crippen LogP contribution < -0.4 is 15.0 Å². The molecule has 2 aromatic carbocycles. The number of hydrogen-bond donors (Lipinski definition) is 1. The van der Waals surface area contributed by atoms with Crippen LogP contribution in [0.2, 0.25) is 0 Å². The zero-order valence-electron chi connectivity index (χ0n) is 14.3. The molecule has 2 amide bonds. The monoisotopic (exact) mass is 367 g/mol. The normalized spacial score (nSPS) is 17.5. The maximum atomic E-state index is 12.8. The lowest BCUT2D eigenvalue weighted by Gasteiger charge is -2.30. The van der Waals surface area contributed by atoms with Gasteiger partial charge in [0.15, 0.2) is 11.0 Å². The molecule has 3 rings (SSSR count). The number of aryl methyl sites for hydroxylation is 1. The number of benzene rings is 2. The highest BCUT2D eigenvalue weighted by Crippen LogP contribution is 2.22. The fraction of sp³-hybridized carbons (Fsp3) is 0.158. The number of nitrogens with one attached hydrogen (secondary N) is 1. The van der Waals surface area contributed by atoms with E-state index >= 15 is 0 Å². The van der Waals surface area contributed by atoms with Crippen LogP contribution in [0.15, 0.2) is 53.5 Å². The molecule has 132 valence electrons. The van der Waals surface area contributed by atoms with Crippen molar-refractivity contribution in [2.24, 2.45) is 10.9 Å². The molecule has 1 fully saturated rings. The van der Waals surface area contributed by atoms with E-state index in [0.717, 1.165) is 5.56 Å². The van der Waals surface area contributed by atoms with Gasteiger partial charge < -0.3 is 10.1 Å². The number of carbonyl (C=O) groups excluding carboxylic acids is 2. The Morgan fingerprint density at radius 2 is 1.77 bits per heavy atom. The molecular formula is C19H17N3O3S. The van der Waals surface area contributed by atoms with Gasteiger partial charge in [-0.05, 0) is 55.5 Å². The van der Waals surface area contributed by atoms with Crippen LogP contribution in [-0.2, 0) is 9.59 Å². The molecule has 0 spiro atoms. The summed E-state index contributed by atoms with van der Waals surface area (Å²) in [5.41, 5.74) is 2.28. The third kappa shape index (κ3) is 3.62. The van der Waals surface area contributed by atoms with Crippen LogP contribution in [0.3, 0.4) is 0 Å². The molecule has 6 nitrogen and oxygen atoms in total. The summed E-state index contributed by atoms with van der Waals surface area (Å²) in [5, 5.41) is 2.63. The first-order valence-corrected chi connectivity index (χ1v) is 8.34. The van der Waals surface area contributed by atoms with Crippen LogP contribution in [0, 0.1) is 12.8 Å². The smallest absolute Gasteiger partial charge is 0.251 e. The topological polar surface area (TPSA) is 71.0 Å². The molecule has 0 bridgehead atoms. The molecule has 0 aromatic heterocycles. The lowest BCUT2D eigenvalue weighted by molar-refractivity contribution is -0.130. The van der Waals surface area contributed by atoms with E-state index in [9.17, 15) is 9.59 Å². The van der Waals surface area contributed by atoms with Crippen molar-refractivity contribution in [1.29, 1.82) is 0 Å². The van der Waals surface area contributed by atoms with Gasteiger partial charge in [-0.25, -0.2) is 0 Å². The second-order valence-corrected chi connectivity index (χ2v) is 6.14. The number of ether oxygens (including phenoxy) is 1. The summed E-state index contributed by atoms with van der Waals surface area (Å²) in [5.74, 6) is -1.27. The molecule has 0 aliphatic carbocycles. The van der Waals surface area contributed by atoms with E-state index in [4.69, 9.17) is 17.0 Å². The zero-order valence-corrected chi connectivity index (χ0v) is 15.1. The minimum Gasteiger partial charge on any atom is -0.497 e. The van der Waals surface area contributed by atoms with E-state index < -0.39 is 17.7 Å². The predicted octanol–water partition coefficient (Wildman–Crippen LogP) is 2.77. The quantitative estimate of drug-likeness (QED) is 0.512. The number of thiocarbonyl (C=S) groups is 1. The Morgan fingerprint density at radius 1 is 1.12 bits per heavy atom. The molecular weight excluding hydrogens is 350 g/mol. The summed E-state index contributed by atoms with van der Waals surface area (Å²) >= 11 is 5.17. The van der Waals surface area contributed by atoms with Crippen molar-refractivity contribution in [3.8, 4) is 5.75 Å². The molecule has 0 saturated carbocycles. The van der Waals surface area contributed by atoms with Crippen LogP contribution in [0.4, 0.5) is 11.4 Å². The Hall–Kier alpha value is -3.06. The molecule has 1 N–H and O–H groups in total. The van der Waals surface area contributed by atoms with Gasteiger partial charge in [-0.15, -0.1) is 0 Å². The highest BCUT2D eigenvalue weighted by Gasteiger charge is 2.38. The molecule has 0 radical (unpaired) electrons. The number of anilines is 1. The Balaban J connectivity index is 1.84. The van der Waals surface area contributed by atoms with Crippen molar-refractivity contribution in [2.75, 3.05) is 12.0 Å². The van der Waals surface area contributed by atoms with Crippen molar-refractivity contribution in [3.05, 3.63) is 54.1 Å². The Bertz CT molecular complexity index is 876. The fourth-order valence-electron chi connectivity index (χ4n) is 2.49. The van der Waals surface area contributed by atoms with Gasteiger partial charge in [0.2, 0.25) is 5.91 Å². The van der Waals surface area contributed by atoms with Gasteiger partial charge in [0, 0.05) is 6.21 Å². The lowest BCUT2D eigenvalue weighted by atomic mass is 10.1. The second kappa shape index (κ2) is 7.45. The number of nitrogens with zero attached hydrogens (tertiary/aromatic N) is 2. The summed E-state index contributed by atoms with van der Waals surface area (Å²) in [4.78, 5) is 30.6. The van der Waals surface area contributed by atoms with E-state index in [1.54, 1.807) is 43.5 Å². The SMILES string of the molecule is COc1ccc(N=C[C@H]2C(=O)NC(=S)N(c3ccc(C)cc3)C2=O)cc1. The summed E-state index contributed by atoms with van der Waals surface area (Å²) in [6.45, 7) is 1.95. The van der Waals surface area contributed by atoms with E-state index in [-0.39, 0.29) is 5.11 Å². The maximum absolute atomic E-state index is 12.8. The van der Waals surface area contributed by atoms with Gasteiger partial charge in [0.25, 0.3) is 5.91 Å². The largest absolute Gasteiger partial charge is 0.497 e. The average molecular weight is 367 g/mol. The standard InChI is InChI=1S/C19H17N3O3S/c1-12-3-7-14(8-4-12)22-18(24)16(17(23)21-19(22)26)11-20-13-5-9-15(25-2)10-6-13/h3-11,16H,1-2H3,(H,21,23,26)/t16-/m0/s1. The van der Waals surface area contributed by atoms with Crippen LogP contribution >= 0.6 is 12.2 Å².